The average molecular weight is 387 g/mol. The van der Waals surface area contributed by atoms with Gasteiger partial charge in [0.05, 0.1) is 31.0 Å². The molecule has 3 amide bonds. The summed E-state index contributed by atoms with van der Waals surface area (Å²) >= 11 is 1.36. The Morgan fingerprint density at radius 1 is 1.19 bits per heavy atom. The molecule has 9 heteroatoms. The number of nitrogens with zero attached hydrogens (tertiary/aromatic N) is 4. The molecular weight excluding hydrogens is 366 g/mol. The molecule has 0 atom stereocenters. The van der Waals surface area contributed by atoms with Gasteiger partial charge in [-0.15, -0.1) is 0 Å². The molecule has 2 aliphatic rings. The fourth-order valence-corrected chi connectivity index (χ4v) is 4.07. The van der Waals surface area contributed by atoms with Crippen LogP contribution in [0.15, 0.2) is 29.3 Å². The summed E-state index contributed by atoms with van der Waals surface area (Å²) < 4.78 is 5.39. The van der Waals surface area contributed by atoms with E-state index in [2.05, 4.69) is 15.2 Å². The SMILES string of the molecule is O=C(CSc1nc(CN2CCOCC2)nc2ccccc12)N1CCNC1=O. The lowest BCUT2D eigenvalue weighted by Gasteiger charge is -2.25. The lowest BCUT2D eigenvalue weighted by molar-refractivity contribution is -0.124. The third kappa shape index (κ3) is 4.20. The van der Waals surface area contributed by atoms with Gasteiger partial charge >= 0.3 is 6.03 Å². The Hall–Kier alpha value is -2.23. The summed E-state index contributed by atoms with van der Waals surface area (Å²) in [5, 5.41) is 4.35. The van der Waals surface area contributed by atoms with Crippen molar-refractivity contribution in [2.75, 3.05) is 45.1 Å². The van der Waals surface area contributed by atoms with E-state index in [1.165, 1.54) is 16.7 Å². The molecule has 27 heavy (non-hydrogen) atoms. The fourth-order valence-electron chi connectivity index (χ4n) is 3.15. The van der Waals surface area contributed by atoms with E-state index in [1.54, 1.807) is 0 Å². The highest BCUT2D eigenvalue weighted by Gasteiger charge is 2.26. The summed E-state index contributed by atoms with van der Waals surface area (Å²) in [4.78, 5) is 36.9. The van der Waals surface area contributed by atoms with Crippen LogP contribution in [0.5, 0.6) is 0 Å². The normalized spacial score (nSPS) is 18.1. The number of carbonyl (C=O) groups excluding carboxylic acids is 2. The van der Waals surface area contributed by atoms with E-state index >= 15 is 0 Å². The molecule has 142 valence electrons. The second kappa shape index (κ2) is 8.20. The highest BCUT2D eigenvalue weighted by atomic mass is 32.2. The molecular formula is C18H21N5O3S. The number of thioether (sulfide) groups is 1. The van der Waals surface area contributed by atoms with Gasteiger partial charge in [0.25, 0.3) is 0 Å². The van der Waals surface area contributed by atoms with E-state index < -0.39 is 0 Å². The zero-order chi connectivity index (χ0) is 18.6. The average Bonchev–Trinajstić information content (AvgIpc) is 3.12. The third-order valence-corrected chi connectivity index (χ3v) is 5.55. The van der Waals surface area contributed by atoms with Crippen LogP contribution in [0.1, 0.15) is 5.82 Å². The first-order valence-electron chi connectivity index (χ1n) is 8.97. The standard InChI is InChI=1S/C18H21N5O3S/c24-16(23-6-5-19-18(23)25)12-27-17-13-3-1-2-4-14(13)20-15(21-17)11-22-7-9-26-10-8-22/h1-4H,5-12H2,(H,19,25). The van der Waals surface area contributed by atoms with Crippen LogP contribution in [-0.2, 0) is 16.1 Å². The van der Waals surface area contributed by atoms with Gasteiger partial charge in [-0.3, -0.25) is 14.6 Å². The molecule has 1 aromatic carbocycles. The van der Waals surface area contributed by atoms with E-state index in [9.17, 15) is 9.59 Å². The number of imide groups is 1. The molecule has 8 nitrogen and oxygen atoms in total. The van der Waals surface area contributed by atoms with Gasteiger partial charge in [-0.1, -0.05) is 30.0 Å². The maximum atomic E-state index is 12.3. The maximum absolute atomic E-state index is 12.3. The first kappa shape index (κ1) is 18.1. The second-order valence-electron chi connectivity index (χ2n) is 6.42. The van der Waals surface area contributed by atoms with Crippen molar-refractivity contribution in [3.05, 3.63) is 30.1 Å². The van der Waals surface area contributed by atoms with Gasteiger partial charge in [-0.05, 0) is 6.07 Å². The molecule has 2 saturated heterocycles. The highest BCUT2D eigenvalue weighted by Crippen LogP contribution is 2.26. The molecule has 0 spiro atoms. The van der Waals surface area contributed by atoms with Crippen molar-refractivity contribution in [3.8, 4) is 0 Å². The summed E-state index contributed by atoms with van der Waals surface area (Å²) in [5.41, 5.74) is 0.865. The molecule has 0 unspecified atom stereocenters. The van der Waals surface area contributed by atoms with Crippen LogP contribution in [0.4, 0.5) is 4.79 Å². The van der Waals surface area contributed by atoms with Crippen LogP contribution in [0.25, 0.3) is 10.9 Å². The Bertz CT molecular complexity index is 856. The molecule has 4 rings (SSSR count). The first-order chi connectivity index (χ1) is 13.2. The summed E-state index contributed by atoms with van der Waals surface area (Å²) in [7, 11) is 0. The number of aromatic nitrogens is 2. The van der Waals surface area contributed by atoms with Crippen LogP contribution in [-0.4, -0.2) is 76.9 Å². The molecule has 0 radical (unpaired) electrons. The number of nitrogens with one attached hydrogen (secondary N) is 1. The van der Waals surface area contributed by atoms with Crippen LogP contribution < -0.4 is 5.32 Å². The highest BCUT2D eigenvalue weighted by molar-refractivity contribution is 8.00. The van der Waals surface area contributed by atoms with Gasteiger partial charge < -0.3 is 10.1 Å². The number of morpholine rings is 1. The number of para-hydroxylation sites is 1. The molecule has 2 aromatic rings. The minimum absolute atomic E-state index is 0.172. The molecule has 3 heterocycles. The van der Waals surface area contributed by atoms with E-state index in [0.717, 1.165) is 48.1 Å². The van der Waals surface area contributed by atoms with Gasteiger partial charge in [0, 0.05) is 31.6 Å². The Kier molecular flexibility index (Phi) is 5.51. The van der Waals surface area contributed by atoms with Gasteiger partial charge in [0.2, 0.25) is 5.91 Å². The molecule has 1 aromatic heterocycles. The predicted molar refractivity (Wildman–Crippen MR) is 101 cm³/mol. The molecule has 0 aliphatic carbocycles. The number of benzene rings is 1. The van der Waals surface area contributed by atoms with Crippen molar-refractivity contribution in [1.29, 1.82) is 0 Å². The topological polar surface area (TPSA) is 87.7 Å². The summed E-state index contributed by atoms with van der Waals surface area (Å²) in [6.45, 7) is 4.76. The zero-order valence-electron chi connectivity index (χ0n) is 14.9. The largest absolute Gasteiger partial charge is 0.379 e. The number of rotatable bonds is 5. The van der Waals surface area contributed by atoms with E-state index in [0.29, 0.717) is 19.6 Å². The van der Waals surface area contributed by atoms with E-state index in [1.807, 2.05) is 24.3 Å². The minimum atomic E-state index is -0.318. The van der Waals surface area contributed by atoms with Crippen molar-refractivity contribution in [1.82, 2.24) is 25.1 Å². The van der Waals surface area contributed by atoms with Crippen LogP contribution in [0.2, 0.25) is 0 Å². The Morgan fingerprint density at radius 3 is 2.78 bits per heavy atom. The quantitative estimate of drug-likeness (QED) is 0.607. The Labute approximate surface area is 161 Å². The van der Waals surface area contributed by atoms with Crippen LogP contribution in [0.3, 0.4) is 0 Å². The van der Waals surface area contributed by atoms with Gasteiger partial charge in [-0.2, -0.15) is 0 Å². The van der Waals surface area contributed by atoms with Crippen LogP contribution >= 0.6 is 11.8 Å². The third-order valence-electron chi connectivity index (χ3n) is 4.57. The number of urea groups is 1. The summed E-state index contributed by atoms with van der Waals surface area (Å²) in [6, 6.07) is 7.49. The number of ether oxygens (including phenoxy) is 1. The van der Waals surface area contributed by atoms with E-state index in [4.69, 9.17) is 9.72 Å². The number of carbonyl (C=O) groups is 2. The van der Waals surface area contributed by atoms with Gasteiger partial charge in [-0.25, -0.2) is 14.8 Å². The zero-order valence-corrected chi connectivity index (χ0v) is 15.7. The molecule has 1 N–H and O–H groups in total. The van der Waals surface area contributed by atoms with Crippen molar-refractivity contribution in [3.63, 3.8) is 0 Å². The molecule has 0 saturated carbocycles. The Morgan fingerprint density at radius 2 is 2.00 bits per heavy atom. The number of hydrogen-bond acceptors (Lipinski definition) is 7. The lowest BCUT2D eigenvalue weighted by Crippen LogP contribution is -2.36. The van der Waals surface area contributed by atoms with Crippen molar-refractivity contribution >= 4 is 34.6 Å². The second-order valence-corrected chi connectivity index (χ2v) is 7.38. The van der Waals surface area contributed by atoms with Gasteiger partial charge in [0.1, 0.15) is 10.9 Å². The molecule has 0 bridgehead atoms. The molecule has 2 aliphatic heterocycles. The smallest absolute Gasteiger partial charge is 0.324 e. The number of amides is 3. The monoisotopic (exact) mass is 387 g/mol. The number of fused-ring (bicyclic) bond motifs is 1. The maximum Gasteiger partial charge on any atom is 0.324 e. The predicted octanol–water partition coefficient (Wildman–Crippen LogP) is 1.11. The fraction of sp³-hybridized carbons (Fsp3) is 0.444. The van der Waals surface area contributed by atoms with Crippen LogP contribution in [0, 0.1) is 0 Å². The lowest BCUT2D eigenvalue weighted by atomic mass is 10.2. The summed E-state index contributed by atoms with van der Waals surface area (Å²) in [6.07, 6.45) is 0. The van der Waals surface area contributed by atoms with Gasteiger partial charge in [0.15, 0.2) is 0 Å². The van der Waals surface area contributed by atoms with Crippen molar-refractivity contribution < 1.29 is 14.3 Å². The minimum Gasteiger partial charge on any atom is -0.379 e. The number of hydrogen-bond donors (Lipinski definition) is 1. The van der Waals surface area contributed by atoms with Crippen molar-refractivity contribution in [2.45, 2.75) is 11.6 Å². The summed E-state index contributed by atoms with van der Waals surface area (Å²) in [5.74, 6) is 0.711. The van der Waals surface area contributed by atoms with E-state index in [-0.39, 0.29) is 17.7 Å². The first-order valence-corrected chi connectivity index (χ1v) is 9.96. The molecule has 2 fully saturated rings. The van der Waals surface area contributed by atoms with Crippen molar-refractivity contribution in [2.24, 2.45) is 0 Å². The Balaban J connectivity index is 1.52.